The Morgan fingerprint density at radius 3 is 1.05 bits per heavy atom. The average molecular weight is 342 g/mol. The molecule has 0 aliphatic rings. The van der Waals surface area contributed by atoms with E-state index in [4.69, 9.17) is 0 Å². The van der Waals surface area contributed by atoms with E-state index in [0.717, 1.165) is 0 Å². The van der Waals surface area contributed by atoms with Crippen molar-refractivity contribution in [2.45, 2.75) is 99.2 Å². The summed E-state index contributed by atoms with van der Waals surface area (Å²) in [6.07, 6.45) is 0. The largest absolute Gasteiger partial charge is 1.00 e. The zero-order valence-electron chi connectivity index (χ0n) is 16.6. The van der Waals surface area contributed by atoms with Crippen LogP contribution in [0.25, 0.3) is 0 Å². The maximum atomic E-state index is 2.77. The first kappa shape index (κ1) is 24.8. The molecule has 0 spiro atoms. The first-order chi connectivity index (χ1) is 8.88. The molecular weight excluding hydrogens is 305 g/mol. The molecule has 0 N–H and O–H groups in total. The fourth-order valence-corrected chi connectivity index (χ4v) is 16.5. The predicted molar refractivity (Wildman–Crippen MR) is 101 cm³/mol. The smallest absolute Gasteiger partial charge is 0.476 e. The average Bonchev–Trinajstić information content (AvgIpc) is 2.11. The van der Waals surface area contributed by atoms with Gasteiger partial charge in [-0.2, -0.15) is 0 Å². The molecule has 0 amide bonds. The molecule has 0 fully saturated rings. The van der Waals surface area contributed by atoms with Gasteiger partial charge < -0.3 is 7.82 Å². The molecule has 0 aromatic carbocycles. The van der Waals surface area contributed by atoms with Gasteiger partial charge in [0.2, 0.25) is 0 Å². The van der Waals surface area contributed by atoms with Gasteiger partial charge >= 0.3 is 18.9 Å². The molecule has 0 saturated heterocycles. The van der Waals surface area contributed by atoms with Crippen LogP contribution >= 0.6 is 15.7 Å². The molecule has 0 heterocycles. The van der Waals surface area contributed by atoms with Gasteiger partial charge in [-0.1, -0.05) is 27.4 Å². The SMILES string of the molecule is CC(C)N(C(C)C)P([P-][Si](C)(C)C)N(C(C)C)C(C)C.[Li+]. The van der Waals surface area contributed by atoms with Crippen LogP contribution in [-0.4, -0.2) is 41.2 Å². The molecule has 2 nitrogen and oxygen atoms in total. The molecule has 0 aliphatic carbocycles. The van der Waals surface area contributed by atoms with E-state index in [1.165, 1.54) is 0 Å². The Bertz CT molecular complexity index is 245. The zero-order chi connectivity index (χ0) is 16.2. The summed E-state index contributed by atoms with van der Waals surface area (Å²) in [7, 11) is 0.359. The number of hydrogen-bond donors (Lipinski definition) is 0. The summed E-state index contributed by atoms with van der Waals surface area (Å²) in [5, 5.41) is 0. The van der Waals surface area contributed by atoms with Gasteiger partial charge in [-0.05, 0) is 55.4 Å². The van der Waals surface area contributed by atoms with Crippen molar-refractivity contribution in [3.05, 3.63) is 0 Å². The van der Waals surface area contributed by atoms with Crippen molar-refractivity contribution in [3.63, 3.8) is 0 Å². The van der Waals surface area contributed by atoms with Crippen LogP contribution in [0.1, 0.15) is 55.4 Å². The maximum absolute atomic E-state index is 2.77. The van der Waals surface area contributed by atoms with E-state index in [-0.39, 0.29) is 26.8 Å². The van der Waals surface area contributed by atoms with Crippen molar-refractivity contribution in [3.8, 4) is 0 Å². The Morgan fingerprint density at radius 2 is 0.905 bits per heavy atom. The monoisotopic (exact) mass is 342 g/mol. The van der Waals surface area contributed by atoms with Gasteiger partial charge in [-0.3, -0.25) is 9.34 Å². The molecule has 0 radical (unpaired) electrons. The van der Waals surface area contributed by atoms with Crippen molar-refractivity contribution in [1.29, 1.82) is 0 Å². The van der Waals surface area contributed by atoms with Gasteiger partial charge in [0.25, 0.3) is 0 Å². The van der Waals surface area contributed by atoms with Crippen molar-refractivity contribution < 1.29 is 18.9 Å². The van der Waals surface area contributed by atoms with Crippen molar-refractivity contribution >= 4 is 23.5 Å². The molecule has 0 rings (SSSR count). The van der Waals surface area contributed by atoms with Crippen LogP contribution in [0.15, 0.2) is 0 Å². The van der Waals surface area contributed by atoms with Crippen molar-refractivity contribution in [2.24, 2.45) is 0 Å². The van der Waals surface area contributed by atoms with E-state index < -0.39 is 7.74 Å². The van der Waals surface area contributed by atoms with Gasteiger partial charge in [0.15, 0.2) is 0 Å². The summed E-state index contributed by atoms with van der Waals surface area (Å²) in [4.78, 5) is 0. The van der Waals surface area contributed by atoms with E-state index in [9.17, 15) is 0 Å². The van der Waals surface area contributed by atoms with Gasteiger partial charge in [0.1, 0.15) is 0 Å². The van der Waals surface area contributed by atoms with Gasteiger partial charge in [-0.15, -0.1) is 7.91 Å². The normalized spacial score (nSPS) is 14.0. The standard InChI is InChI=1S/C15H37N2P2Si.Li/c1-12(2)16(13(3)4)19(18-20(9,10)11)17(14(5)6)15(7)8;/h12-15H,1-11H3;/q-1;+1. The van der Waals surface area contributed by atoms with E-state index in [0.29, 0.717) is 24.2 Å². The molecule has 0 atom stereocenters. The Balaban J connectivity index is 0. The van der Waals surface area contributed by atoms with Crippen LogP contribution < -0.4 is 18.9 Å². The van der Waals surface area contributed by atoms with E-state index in [1.807, 2.05) is 0 Å². The van der Waals surface area contributed by atoms with Gasteiger partial charge in [0, 0.05) is 24.2 Å². The molecule has 0 aromatic heterocycles. The van der Waals surface area contributed by atoms with Crippen molar-refractivity contribution in [1.82, 2.24) is 9.34 Å². The molecule has 0 bridgehead atoms. The Kier molecular flexibility index (Phi) is 12.4. The second-order valence-corrected chi connectivity index (χ2v) is 21.2. The summed E-state index contributed by atoms with van der Waals surface area (Å²) < 4.78 is 5.55. The minimum absolute atomic E-state index is 0. The van der Waals surface area contributed by atoms with Gasteiger partial charge in [-0.25, -0.2) is 0 Å². The molecule has 21 heavy (non-hydrogen) atoms. The molecule has 0 unspecified atom stereocenters. The molecular formula is C15H37LiN2P2Si. The minimum Gasteiger partial charge on any atom is -0.476 e. The number of nitrogens with zero attached hydrogens (tertiary/aromatic N) is 2. The first-order valence-electron chi connectivity index (χ1n) is 7.98. The summed E-state index contributed by atoms with van der Waals surface area (Å²) >= 11 is 0. The molecule has 0 aliphatic heterocycles. The first-order valence-corrected chi connectivity index (χ1v) is 15.2. The number of rotatable bonds is 8. The minimum atomic E-state index is -1.11. The second kappa shape index (κ2) is 10.5. The Labute approximate surface area is 150 Å². The van der Waals surface area contributed by atoms with Crippen LogP contribution in [0, 0.1) is 0 Å². The fourth-order valence-electron chi connectivity index (χ4n) is 2.51. The zero-order valence-corrected chi connectivity index (χ0v) is 19.4. The van der Waals surface area contributed by atoms with E-state index in [2.05, 4.69) is 84.4 Å². The third kappa shape index (κ3) is 8.86. The van der Waals surface area contributed by atoms with Crippen LogP contribution in [0.5, 0.6) is 0 Å². The molecule has 0 aromatic rings. The predicted octanol–water partition coefficient (Wildman–Crippen LogP) is 3.24. The van der Waals surface area contributed by atoms with Crippen LogP contribution in [0.2, 0.25) is 19.6 Å². The maximum Gasteiger partial charge on any atom is 1.00 e. The third-order valence-electron chi connectivity index (χ3n) is 2.92. The summed E-state index contributed by atoms with van der Waals surface area (Å²) in [5.41, 5.74) is 0. The molecule has 6 heteroatoms. The second-order valence-electron chi connectivity index (χ2n) is 7.67. The quantitative estimate of drug-likeness (QED) is 0.494. The summed E-state index contributed by atoms with van der Waals surface area (Å²) in [6, 6.07) is 2.46. The third-order valence-corrected chi connectivity index (χ3v) is 17.0. The topological polar surface area (TPSA) is 6.48 Å². The van der Waals surface area contributed by atoms with Crippen LogP contribution in [0.4, 0.5) is 0 Å². The van der Waals surface area contributed by atoms with E-state index >= 15 is 0 Å². The summed E-state index contributed by atoms with van der Waals surface area (Å²) in [6.45, 7) is 26.3. The molecule has 0 saturated carbocycles. The Hall–Kier alpha value is 1.59. The molecule has 122 valence electrons. The fraction of sp³-hybridized carbons (Fsp3) is 1.00. The van der Waals surface area contributed by atoms with E-state index in [1.54, 1.807) is 7.82 Å². The Morgan fingerprint density at radius 1 is 0.667 bits per heavy atom. The van der Waals surface area contributed by atoms with Crippen LogP contribution in [-0.2, 0) is 0 Å². The number of hydrogen-bond acceptors (Lipinski definition) is 2. The summed E-state index contributed by atoms with van der Waals surface area (Å²) in [5.74, 6) is 0. The van der Waals surface area contributed by atoms with Gasteiger partial charge in [0.05, 0.1) is 0 Å². The van der Waals surface area contributed by atoms with Crippen molar-refractivity contribution in [2.75, 3.05) is 0 Å². The van der Waals surface area contributed by atoms with Crippen LogP contribution in [0.3, 0.4) is 0 Å².